The number of halogens is 1. The van der Waals surface area contributed by atoms with Gasteiger partial charge in [-0.15, -0.1) is 0 Å². The van der Waals surface area contributed by atoms with Crippen LogP contribution in [0.3, 0.4) is 0 Å². The third kappa shape index (κ3) is 5.04. The molecule has 4 nitrogen and oxygen atoms in total. The molecule has 0 aliphatic carbocycles. The van der Waals surface area contributed by atoms with E-state index in [9.17, 15) is 4.79 Å². The SMILES string of the molecule is CCOC(=O)c1ccc(NC(=S)Nc2ccc(Br)cc2CC)cc1. The van der Waals surface area contributed by atoms with Gasteiger partial charge in [-0.2, -0.15) is 0 Å². The smallest absolute Gasteiger partial charge is 0.338 e. The Hall–Kier alpha value is -1.92. The van der Waals surface area contributed by atoms with Crippen molar-refractivity contribution in [3.8, 4) is 0 Å². The van der Waals surface area contributed by atoms with Crippen LogP contribution in [0.1, 0.15) is 29.8 Å². The Morgan fingerprint density at radius 3 is 2.46 bits per heavy atom. The Balaban J connectivity index is 2.01. The molecule has 2 N–H and O–H groups in total. The van der Waals surface area contributed by atoms with Crippen LogP contribution in [0.25, 0.3) is 0 Å². The average molecular weight is 407 g/mol. The van der Waals surface area contributed by atoms with Crippen molar-refractivity contribution in [2.45, 2.75) is 20.3 Å². The van der Waals surface area contributed by atoms with E-state index < -0.39 is 0 Å². The molecular weight excluding hydrogens is 388 g/mol. The summed E-state index contributed by atoms with van der Waals surface area (Å²) in [6.07, 6.45) is 0.901. The van der Waals surface area contributed by atoms with Gasteiger partial charge in [0.25, 0.3) is 0 Å². The number of rotatable bonds is 5. The molecule has 0 aromatic heterocycles. The van der Waals surface area contributed by atoms with Gasteiger partial charge in [0.15, 0.2) is 5.11 Å². The van der Waals surface area contributed by atoms with Crippen molar-refractivity contribution in [2.24, 2.45) is 0 Å². The van der Waals surface area contributed by atoms with E-state index in [1.807, 2.05) is 12.1 Å². The van der Waals surface area contributed by atoms with Crippen LogP contribution in [0.15, 0.2) is 46.9 Å². The van der Waals surface area contributed by atoms with E-state index in [0.717, 1.165) is 22.3 Å². The summed E-state index contributed by atoms with van der Waals surface area (Å²) in [6, 6.07) is 13.0. The van der Waals surface area contributed by atoms with Gasteiger partial charge in [0.2, 0.25) is 0 Å². The number of carbonyl (C=O) groups excluding carboxylic acids is 1. The Labute approximate surface area is 155 Å². The maximum absolute atomic E-state index is 11.6. The fourth-order valence-corrected chi connectivity index (χ4v) is 2.80. The lowest BCUT2D eigenvalue weighted by molar-refractivity contribution is 0.0526. The highest BCUT2D eigenvalue weighted by Crippen LogP contribution is 2.22. The third-order valence-electron chi connectivity index (χ3n) is 3.35. The number of ether oxygens (including phenoxy) is 1. The zero-order valence-corrected chi connectivity index (χ0v) is 16.0. The quantitative estimate of drug-likeness (QED) is 0.540. The standard InChI is InChI=1S/C18H19BrN2O2S/c1-3-12-11-14(19)7-10-16(12)21-18(24)20-15-8-5-13(6-9-15)17(22)23-4-2/h5-11H,3-4H2,1-2H3,(H2,20,21,24). The van der Waals surface area contributed by atoms with Crippen molar-refractivity contribution in [3.63, 3.8) is 0 Å². The topological polar surface area (TPSA) is 50.4 Å². The monoisotopic (exact) mass is 406 g/mol. The van der Waals surface area contributed by atoms with Crippen LogP contribution >= 0.6 is 28.1 Å². The van der Waals surface area contributed by atoms with E-state index >= 15 is 0 Å². The van der Waals surface area contributed by atoms with Crippen molar-refractivity contribution < 1.29 is 9.53 Å². The number of carbonyl (C=O) groups is 1. The largest absolute Gasteiger partial charge is 0.462 e. The third-order valence-corrected chi connectivity index (χ3v) is 4.05. The maximum atomic E-state index is 11.6. The predicted octanol–water partition coefficient (Wildman–Crippen LogP) is 5.00. The Morgan fingerprint density at radius 2 is 1.83 bits per heavy atom. The minimum absolute atomic E-state index is 0.327. The first-order valence-corrected chi connectivity index (χ1v) is 8.87. The number of nitrogens with one attached hydrogen (secondary N) is 2. The second-order valence-electron chi connectivity index (χ2n) is 5.03. The first-order valence-electron chi connectivity index (χ1n) is 7.67. The summed E-state index contributed by atoms with van der Waals surface area (Å²) in [7, 11) is 0. The summed E-state index contributed by atoms with van der Waals surface area (Å²) in [5.41, 5.74) is 3.46. The molecule has 0 saturated carbocycles. The second kappa shape index (κ2) is 8.80. The summed E-state index contributed by atoms with van der Waals surface area (Å²) < 4.78 is 6.00. The number of thiocarbonyl (C=S) groups is 1. The molecule has 0 aliphatic heterocycles. The molecule has 2 aromatic rings. The van der Waals surface area contributed by atoms with Gasteiger partial charge in [-0.3, -0.25) is 0 Å². The summed E-state index contributed by atoms with van der Waals surface area (Å²) >= 11 is 8.83. The van der Waals surface area contributed by atoms with Crippen molar-refractivity contribution in [2.75, 3.05) is 17.2 Å². The van der Waals surface area contributed by atoms with Gasteiger partial charge in [-0.1, -0.05) is 22.9 Å². The molecule has 6 heteroatoms. The fourth-order valence-electron chi connectivity index (χ4n) is 2.17. The van der Waals surface area contributed by atoms with Crippen LogP contribution in [0.5, 0.6) is 0 Å². The van der Waals surface area contributed by atoms with Gasteiger partial charge in [0.05, 0.1) is 12.2 Å². The predicted molar refractivity (Wildman–Crippen MR) is 106 cm³/mol. The van der Waals surface area contributed by atoms with Crippen LogP contribution in [-0.2, 0) is 11.2 Å². The lowest BCUT2D eigenvalue weighted by Crippen LogP contribution is -2.20. The molecule has 2 aromatic carbocycles. The number of benzene rings is 2. The van der Waals surface area contributed by atoms with Gasteiger partial charge >= 0.3 is 5.97 Å². The fraction of sp³-hybridized carbons (Fsp3) is 0.222. The zero-order chi connectivity index (χ0) is 17.5. The molecule has 0 aliphatic rings. The van der Waals surface area contributed by atoms with Gasteiger partial charge in [-0.05, 0) is 73.6 Å². The van der Waals surface area contributed by atoms with Gasteiger partial charge in [0.1, 0.15) is 0 Å². The van der Waals surface area contributed by atoms with Gasteiger partial charge in [0, 0.05) is 15.8 Å². The molecule has 126 valence electrons. The highest BCUT2D eigenvalue weighted by atomic mass is 79.9. The molecule has 0 atom stereocenters. The maximum Gasteiger partial charge on any atom is 0.338 e. The molecule has 2 rings (SSSR count). The summed E-state index contributed by atoms with van der Waals surface area (Å²) in [4.78, 5) is 11.6. The van der Waals surface area contributed by atoms with Crippen LogP contribution in [0.2, 0.25) is 0 Å². The van der Waals surface area contributed by atoms with Crippen molar-refractivity contribution in [3.05, 3.63) is 58.1 Å². The van der Waals surface area contributed by atoms with E-state index in [0.29, 0.717) is 17.3 Å². The van der Waals surface area contributed by atoms with Crippen molar-refractivity contribution in [1.29, 1.82) is 0 Å². The molecule has 0 fully saturated rings. The van der Waals surface area contributed by atoms with Gasteiger partial charge in [-0.25, -0.2) is 4.79 Å². The van der Waals surface area contributed by atoms with E-state index in [-0.39, 0.29) is 5.97 Å². The average Bonchev–Trinajstić information content (AvgIpc) is 2.57. The first kappa shape index (κ1) is 18.4. The Kier molecular flexibility index (Phi) is 6.75. The van der Waals surface area contributed by atoms with E-state index in [1.165, 1.54) is 5.56 Å². The summed E-state index contributed by atoms with van der Waals surface area (Å²) in [6.45, 7) is 4.24. The zero-order valence-electron chi connectivity index (χ0n) is 13.6. The van der Waals surface area contributed by atoms with E-state index in [1.54, 1.807) is 31.2 Å². The summed E-state index contributed by atoms with van der Waals surface area (Å²) in [5, 5.41) is 6.81. The number of anilines is 2. The number of esters is 1. The minimum Gasteiger partial charge on any atom is -0.462 e. The highest BCUT2D eigenvalue weighted by Gasteiger charge is 2.07. The van der Waals surface area contributed by atoms with Crippen LogP contribution in [-0.4, -0.2) is 17.7 Å². The van der Waals surface area contributed by atoms with E-state index in [4.69, 9.17) is 17.0 Å². The Bertz CT molecular complexity index is 732. The number of hydrogen-bond acceptors (Lipinski definition) is 3. The molecule has 0 radical (unpaired) electrons. The molecule has 24 heavy (non-hydrogen) atoms. The lowest BCUT2D eigenvalue weighted by atomic mass is 10.1. The molecule has 0 saturated heterocycles. The molecular formula is C18H19BrN2O2S. The number of aryl methyl sites for hydroxylation is 1. The number of hydrogen-bond donors (Lipinski definition) is 2. The van der Waals surface area contributed by atoms with Crippen molar-refractivity contribution in [1.82, 2.24) is 0 Å². The summed E-state index contributed by atoms with van der Waals surface area (Å²) in [5.74, 6) is -0.327. The molecule has 0 unspecified atom stereocenters. The molecule has 0 bridgehead atoms. The normalized spacial score (nSPS) is 10.1. The van der Waals surface area contributed by atoms with Crippen LogP contribution < -0.4 is 10.6 Å². The van der Waals surface area contributed by atoms with Crippen molar-refractivity contribution >= 4 is 50.6 Å². The van der Waals surface area contributed by atoms with E-state index in [2.05, 4.69) is 39.6 Å². The first-order chi connectivity index (χ1) is 11.5. The lowest BCUT2D eigenvalue weighted by Gasteiger charge is -2.14. The molecule has 0 spiro atoms. The minimum atomic E-state index is -0.327. The highest BCUT2D eigenvalue weighted by molar-refractivity contribution is 9.10. The second-order valence-corrected chi connectivity index (χ2v) is 6.36. The molecule has 0 heterocycles. The molecule has 0 amide bonds. The van der Waals surface area contributed by atoms with Crippen LogP contribution in [0, 0.1) is 0 Å². The van der Waals surface area contributed by atoms with Crippen LogP contribution in [0.4, 0.5) is 11.4 Å². The Morgan fingerprint density at radius 1 is 1.12 bits per heavy atom. The van der Waals surface area contributed by atoms with Gasteiger partial charge < -0.3 is 15.4 Å².